The Morgan fingerprint density at radius 2 is 1.60 bits per heavy atom. The normalized spacial score (nSPS) is 11.7. The molecule has 0 aliphatic rings. The zero-order valence-electron chi connectivity index (χ0n) is 28.0. The molecule has 0 fully saturated rings. The molecule has 50 heavy (non-hydrogen) atoms. The predicted octanol–water partition coefficient (Wildman–Crippen LogP) is 8.08. The summed E-state index contributed by atoms with van der Waals surface area (Å²) in [6.07, 6.45) is -3.42. The van der Waals surface area contributed by atoms with Crippen LogP contribution in [-0.2, 0) is 16.1 Å². The third-order valence-electron chi connectivity index (χ3n) is 7.48. The second kappa shape index (κ2) is 16.6. The molecule has 0 spiro atoms. The summed E-state index contributed by atoms with van der Waals surface area (Å²) < 4.78 is 43.6. The van der Waals surface area contributed by atoms with E-state index in [-0.39, 0.29) is 12.0 Å². The minimum atomic E-state index is -5.08. The lowest BCUT2D eigenvalue weighted by Crippen LogP contribution is -2.33. The molecular formula is C38H39F3N4O5. The topological polar surface area (TPSA) is 136 Å². The molecule has 1 aromatic heterocycles. The number of halogens is 3. The van der Waals surface area contributed by atoms with Crippen molar-refractivity contribution < 1.29 is 37.3 Å². The van der Waals surface area contributed by atoms with Crippen molar-refractivity contribution in [2.45, 2.75) is 52.6 Å². The minimum absolute atomic E-state index is 0.0184. The van der Waals surface area contributed by atoms with Crippen LogP contribution in [0.5, 0.6) is 11.5 Å². The van der Waals surface area contributed by atoms with E-state index >= 15 is 0 Å². The number of carboxylic acid groups (broad SMARTS) is 1. The summed E-state index contributed by atoms with van der Waals surface area (Å²) in [6, 6.07) is 29.1. The maximum atomic E-state index is 14.0. The molecular weight excluding hydrogens is 649 g/mol. The van der Waals surface area contributed by atoms with Crippen molar-refractivity contribution in [2.24, 2.45) is 0 Å². The van der Waals surface area contributed by atoms with E-state index < -0.39 is 18.2 Å². The number of aromatic nitrogens is 1. The number of rotatable bonds is 11. The van der Waals surface area contributed by atoms with Crippen molar-refractivity contribution in [1.29, 1.82) is 0 Å². The number of nitrogens with zero attached hydrogens (tertiary/aromatic N) is 1. The molecule has 5 rings (SSSR count). The number of nitrogen functional groups attached to an aromatic ring is 1. The van der Waals surface area contributed by atoms with Gasteiger partial charge in [-0.15, -0.1) is 0 Å². The Morgan fingerprint density at radius 3 is 2.26 bits per heavy atom. The van der Waals surface area contributed by atoms with Crippen LogP contribution in [0.3, 0.4) is 0 Å². The van der Waals surface area contributed by atoms with Gasteiger partial charge in [-0.05, 0) is 97.3 Å². The van der Waals surface area contributed by atoms with Gasteiger partial charge in [0.05, 0.1) is 12.7 Å². The van der Waals surface area contributed by atoms with E-state index in [9.17, 15) is 18.0 Å². The summed E-state index contributed by atoms with van der Waals surface area (Å²) in [5.74, 6) is -1.23. The van der Waals surface area contributed by atoms with Crippen molar-refractivity contribution in [3.05, 3.63) is 114 Å². The molecule has 1 unspecified atom stereocenters. The van der Waals surface area contributed by atoms with E-state index in [4.69, 9.17) is 25.1 Å². The average molecular weight is 689 g/mol. The number of aliphatic carboxylic acids is 1. The minimum Gasteiger partial charge on any atom is -0.490 e. The molecule has 1 atom stereocenters. The molecule has 0 aliphatic heterocycles. The van der Waals surface area contributed by atoms with Crippen molar-refractivity contribution >= 4 is 34.2 Å². The lowest BCUT2D eigenvalue weighted by molar-refractivity contribution is -0.192. The number of fused-ring (bicyclic) bond motifs is 1. The highest BCUT2D eigenvalue weighted by molar-refractivity contribution is 5.94. The van der Waals surface area contributed by atoms with Crippen LogP contribution in [0.4, 0.5) is 24.7 Å². The quantitative estimate of drug-likeness (QED) is 0.109. The second-order valence-electron chi connectivity index (χ2n) is 11.5. The lowest BCUT2D eigenvalue weighted by Gasteiger charge is -2.23. The van der Waals surface area contributed by atoms with Crippen molar-refractivity contribution in [2.75, 3.05) is 17.7 Å². The van der Waals surface area contributed by atoms with Gasteiger partial charge in [-0.2, -0.15) is 13.2 Å². The highest BCUT2D eigenvalue weighted by Gasteiger charge is 2.38. The monoisotopic (exact) mass is 688 g/mol. The fourth-order valence-corrected chi connectivity index (χ4v) is 5.18. The Balaban J connectivity index is 0.000000727. The number of benzene rings is 4. The molecule has 4 aromatic carbocycles. The number of nitrogens with two attached hydrogens (primary N) is 1. The molecule has 0 saturated carbocycles. The molecule has 9 nitrogen and oxygen atoms in total. The van der Waals surface area contributed by atoms with Crippen LogP contribution in [0.1, 0.15) is 43.5 Å². The fraction of sp³-hybridized carbons (Fsp3) is 0.237. The van der Waals surface area contributed by atoms with Crippen molar-refractivity contribution in [3.63, 3.8) is 0 Å². The molecule has 5 N–H and O–H groups in total. The smallest absolute Gasteiger partial charge is 0.490 e. The van der Waals surface area contributed by atoms with Gasteiger partial charge in [-0.1, -0.05) is 54.6 Å². The third kappa shape index (κ3) is 9.65. The van der Waals surface area contributed by atoms with Crippen LogP contribution in [0.25, 0.3) is 21.9 Å². The SMILES string of the molecule is CCOc1cc(C(Nc2ccc3c(N)nccc3c2)C(=O)NCc2ccccc2-c2ccccc2C)ccc1OC(C)C.O=C(O)C(F)(F)F. The number of pyridine rings is 1. The number of anilines is 2. The predicted molar refractivity (Wildman–Crippen MR) is 188 cm³/mol. The number of hydrogen-bond acceptors (Lipinski definition) is 7. The number of carbonyl (C=O) groups is 2. The summed E-state index contributed by atoms with van der Waals surface area (Å²) in [4.78, 5) is 27.1. The number of nitrogens with one attached hydrogen (secondary N) is 2. The number of amides is 1. The Bertz CT molecular complexity index is 1950. The molecule has 0 saturated heterocycles. The molecule has 262 valence electrons. The van der Waals surface area contributed by atoms with Crippen molar-refractivity contribution in [3.8, 4) is 22.6 Å². The Hall–Kier alpha value is -5.78. The Labute approximate surface area is 288 Å². The number of carboxylic acids is 1. The van der Waals surface area contributed by atoms with Gasteiger partial charge in [0.25, 0.3) is 0 Å². The molecule has 12 heteroatoms. The van der Waals surface area contributed by atoms with E-state index in [0.717, 1.165) is 38.7 Å². The summed E-state index contributed by atoms with van der Waals surface area (Å²) in [6.45, 7) is 8.80. The maximum absolute atomic E-state index is 14.0. The molecule has 1 heterocycles. The van der Waals surface area contributed by atoms with E-state index in [1.807, 2.05) is 87.5 Å². The van der Waals surface area contributed by atoms with E-state index in [2.05, 4.69) is 46.8 Å². The second-order valence-corrected chi connectivity index (χ2v) is 11.5. The van der Waals surface area contributed by atoms with Crippen LogP contribution in [0.2, 0.25) is 0 Å². The van der Waals surface area contributed by atoms with Gasteiger partial charge >= 0.3 is 12.1 Å². The maximum Gasteiger partial charge on any atom is 0.490 e. The van der Waals surface area contributed by atoms with Crippen LogP contribution < -0.4 is 25.8 Å². The van der Waals surface area contributed by atoms with Gasteiger partial charge in [0.15, 0.2) is 11.5 Å². The highest BCUT2D eigenvalue weighted by Crippen LogP contribution is 2.34. The number of aryl methyl sites for hydroxylation is 1. The molecule has 5 aromatic rings. The van der Waals surface area contributed by atoms with Gasteiger partial charge in [0.1, 0.15) is 11.9 Å². The van der Waals surface area contributed by atoms with Gasteiger partial charge < -0.3 is 30.9 Å². The summed E-state index contributed by atoms with van der Waals surface area (Å²) >= 11 is 0. The lowest BCUT2D eigenvalue weighted by atomic mass is 9.96. The van der Waals surface area contributed by atoms with Crippen LogP contribution in [0, 0.1) is 6.92 Å². The Kier molecular flexibility index (Phi) is 12.3. The summed E-state index contributed by atoms with van der Waals surface area (Å²) in [5, 5.41) is 15.6. The van der Waals surface area contributed by atoms with Crippen molar-refractivity contribution in [1.82, 2.24) is 10.3 Å². The number of carbonyl (C=O) groups excluding carboxylic acids is 1. The number of alkyl halides is 3. The van der Waals surface area contributed by atoms with Crippen LogP contribution in [-0.4, -0.2) is 40.9 Å². The standard InChI is InChI=1S/C36H38N4O3.C2HF3O2/c1-5-42-33-21-26(14-17-32(33)43-23(2)3)34(40-28-15-16-31-25(20-28)18-19-38-35(31)37)36(41)39-22-27-11-7-9-13-30(27)29-12-8-6-10-24(29)4;3-2(4,5)1(6)7/h6-21,23,34,40H,5,22H2,1-4H3,(H2,37,38)(H,39,41);(H,6,7). The van der Waals surface area contributed by atoms with Gasteiger partial charge in [-0.3, -0.25) is 4.79 Å². The van der Waals surface area contributed by atoms with E-state index in [0.29, 0.717) is 30.5 Å². The van der Waals surface area contributed by atoms with Crippen LogP contribution >= 0.6 is 0 Å². The average Bonchev–Trinajstić information content (AvgIpc) is 3.07. The van der Waals surface area contributed by atoms with Gasteiger partial charge in [-0.25, -0.2) is 9.78 Å². The first kappa shape index (κ1) is 37.0. The van der Waals surface area contributed by atoms with E-state index in [1.165, 1.54) is 5.56 Å². The summed E-state index contributed by atoms with van der Waals surface area (Å²) in [5.41, 5.74) is 12.1. The molecule has 0 radical (unpaired) electrons. The molecule has 0 bridgehead atoms. The first-order chi connectivity index (χ1) is 23.8. The highest BCUT2D eigenvalue weighted by atomic mass is 19.4. The Morgan fingerprint density at radius 1 is 0.920 bits per heavy atom. The fourth-order valence-electron chi connectivity index (χ4n) is 5.18. The third-order valence-corrected chi connectivity index (χ3v) is 7.48. The van der Waals surface area contributed by atoms with E-state index in [1.54, 1.807) is 6.20 Å². The van der Waals surface area contributed by atoms with Gasteiger partial charge in [0, 0.05) is 23.8 Å². The number of hydrogen-bond donors (Lipinski definition) is 4. The van der Waals surface area contributed by atoms with Gasteiger partial charge in [0.2, 0.25) is 5.91 Å². The molecule has 0 aliphatic carbocycles. The zero-order chi connectivity index (χ0) is 36.4. The zero-order valence-corrected chi connectivity index (χ0v) is 28.0. The first-order valence-corrected chi connectivity index (χ1v) is 15.8. The first-order valence-electron chi connectivity index (χ1n) is 15.8. The van der Waals surface area contributed by atoms with Crippen LogP contribution in [0.15, 0.2) is 97.2 Å². The summed E-state index contributed by atoms with van der Waals surface area (Å²) in [7, 11) is 0. The molecule has 1 amide bonds. The number of ether oxygens (including phenoxy) is 2. The largest absolute Gasteiger partial charge is 0.490 e.